The van der Waals surface area contributed by atoms with Crippen molar-refractivity contribution in [2.75, 3.05) is 27.4 Å². The molecule has 0 aliphatic rings. The Kier molecular flexibility index (Phi) is 30.9. The molecule has 0 atom stereocenters. The molecule has 0 heterocycles. The average Bonchev–Trinajstić information content (AvgIpc) is 3.18. The summed E-state index contributed by atoms with van der Waals surface area (Å²) in [7, 11) is 1.06. The molecule has 2 rings (SSSR count). The Morgan fingerprint density at radius 3 is 0.964 bits per heavy atom. The summed E-state index contributed by atoms with van der Waals surface area (Å²) in [5.41, 5.74) is 20.6. The van der Waals surface area contributed by atoms with Crippen molar-refractivity contribution >= 4 is 39.0 Å². The van der Waals surface area contributed by atoms with Crippen LogP contribution < -0.4 is 9.47 Å². The normalized spacial score (nSPS) is 11.1. The van der Waals surface area contributed by atoms with E-state index in [1.54, 1.807) is 13.8 Å². The van der Waals surface area contributed by atoms with Crippen LogP contribution in [0.15, 0.2) is 48.5 Å². The fourth-order valence-electron chi connectivity index (χ4n) is 6.06. The van der Waals surface area contributed by atoms with Crippen molar-refractivity contribution in [2.24, 2.45) is 0 Å². The van der Waals surface area contributed by atoms with E-state index in [1.807, 2.05) is 62.8 Å². The van der Waals surface area contributed by atoms with E-state index in [-0.39, 0.29) is 11.0 Å². The highest BCUT2D eigenvalue weighted by atomic mass is 28.4. The van der Waals surface area contributed by atoms with Gasteiger partial charge in [-0.05, 0) is 111 Å². The number of hydrogen-bond acceptors (Lipinski definition) is 4. The number of ether oxygens (including phenoxy) is 2. The largest absolute Gasteiger partial charge is 0.494 e. The van der Waals surface area contributed by atoms with E-state index < -0.39 is 16.6 Å². The SMILES string of the molecule is CO[Si](C)(C)CCCCCCCCCCCOc1ccc(C(C)=[N+]=[N-])cc1.CO[Si](C)(C)CCCCCCCCCCCOc1ccc(C(C)=[N+]=[N-])cc1.[SiH4]. The molecule has 0 amide bonds. The summed E-state index contributed by atoms with van der Waals surface area (Å²) in [4.78, 5) is 6.41. The maximum absolute atomic E-state index is 8.77. The molecular weight excluding hydrogens is 733 g/mol. The quantitative estimate of drug-likeness (QED) is 0.0257. The molecule has 0 bridgehead atoms. The maximum Gasteiger partial charge on any atom is 0.296 e. The highest BCUT2D eigenvalue weighted by molar-refractivity contribution is 6.71. The van der Waals surface area contributed by atoms with E-state index in [0.29, 0.717) is 11.4 Å². The Morgan fingerprint density at radius 2 is 0.709 bits per heavy atom. The lowest BCUT2D eigenvalue weighted by atomic mass is 10.1. The van der Waals surface area contributed by atoms with Gasteiger partial charge in [-0.15, -0.1) is 0 Å². The standard InChI is InChI=1S/2C22H38N2O2Si.H4Si/c2*1-20(24-23)21-14-16-22(17-15-21)26-18-12-10-8-6-5-7-9-11-13-19-27(3,4)25-2;/h2*14-17H,5-13,18-19H2,1-4H3;1H4. The van der Waals surface area contributed by atoms with Gasteiger partial charge in [-0.3, -0.25) is 0 Å². The van der Waals surface area contributed by atoms with Crippen molar-refractivity contribution in [1.82, 2.24) is 0 Å². The van der Waals surface area contributed by atoms with E-state index >= 15 is 0 Å². The molecule has 0 unspecified atom stereocenters. The Hall–Kier alpha value is -2.63. The van der Waals surface area contributed by atoms with Crippen molar-refractivity contribution in [2.45, 2.75) is 168 Å². The van der Waals surface area contributed by atoms with E-state index in [1.165, 1.54) is 115 Å². The summed E-state index contributed by atoms with van der Waals surface area (Å²) in [5, 5.41) is 0. The number of hydrogen-bond donors (Lipinski definition) is 0. The minimum atomic E-state index is -1.33. The zero-order chi connectivity index (χ0) is 39.9. The Balaban J connectivity index is 0.00000104. The fourth-order valence-corrected chi connectivity index (χ4v) is 8.68. The first-order valence-corrected chi connectivity index (χ1v) is 27.1. The van der Waals surface area contributed by atoms with Crippen molar-refractivity contribution in [3.05, 3.63) is 70.7 Å². The van der Waals surface area contributed by atoms with Crippen molar-refractivity contribution in [3.63, 3.8) is 0 Å². The third kappa shape index (κ3) is 27.6. The third-order valence-electron chi connectivity index (χ3n) is 10.3. The highest BCUT2D eigenvalue weighted by Gasteiger charge is 2.20. The summed E-state index contributed by atoms with van der Waals surface area (Å²) < 4.78 is 22.7. The number of nitrogens with zero attached hydrogens (tertiary/aromatic N) is 4. The molecule has 2 aromatic carbocycles. The predicted octanol–water partition coefficient (Wildman–Crippen LogP) is 11.5. The van der Waals surface area contributed by atoms with Crippen LogP contribution in [0.5, 0.6) is 11.5 Å². The van der Waals surface area contributed by atoms with Gasteiger partial charge < -0.3 is 29.4 Å². The Bertz CT molecular complexity index is 1240. The molecule has 0 radical (unpaired) electrons. The Labute approximate surface area is 343 Å². The summed E-state index contributed by atoms with van der Waals surface area (Å²) in [6, 6.07) is 18.0. The molecule has 55 heavy (non-hydrogen) atoms. The fraction of sp³-hybridized carbons (Fsp3) is 0.682. The van der Waals surface area contributed by atoms with Gasteiger partial charge in [0.1, 0.15) is 11.5 Å². The first-order valence-electron chi connectivity index (χ1n) is 20.9. The second-order valence-electron chi connectivity index (χ2n) is 15.9. The first-order chi connectivity index (χ1) is 26.0. The second-order valence-corrected chi connectivity index (χ2v) is 24.8. The van der Waals surface area contributed by atoms with Crippen LogP contribution in [0.4, 0.5) is 0 Å². The minimum absolute atomic E-state index is 0. The van der Waals surface area contributed by atoms with Gasteiger partial charge in [0.05, 0.1) is 24.3 Å². The minimum Gasteiger partial charge on any atom is -0.494 e. The van der Waals surface area contributed by atoms with E-state index in [0.717, 1.165) is 48.7 Å². The summed E-state index contributed by atoms with van der Waals surface area (Å²) in [5.74, 6) is 1.76. The van der Waals surface area contributed by atoms with Crippen LogP contribution in [0.1, 0.15) is 141 Å². The van der Waals surface area contributed by atoms with Gasteiger partial charge in [0.2, 0.25) is 0 Å². The van der Waals surface area contributed by atoms with Crippen LogP contribution in [0.3, 0.4) is 0 Å². The molecule has 11 heteroatoms. The van der Waals surface area contributed by atoms with Crippen LogP contribution >= 0.6 is 0 Å². The summed E-state index contributed by atoms with van der Waals surface area (Å²) >= 11 is 0. The number of rotatable bonds is 30. The first kappa shape index (κ1) is 52.4. The maximum atomic E-state index is 8.77. The van der Waals surface area contributed by atoms with Gasteiger partial charge in [-0.2, -0.15) is 9.58 Å². The molecule has 0 fully saturated rings. The van der Waals surface area contributed by atoms with Crippen molar-refractivity contribution in [3.8, 4) is 11.5 Å². The van der Waals surface area contributed by atoms with Crippen LogP contribution in [0.25, 0.3) is 11.1 Å². The van der Waals surface area contributed by atoms with Gasteiger partial charge in [0.25, 0.3) is 11.4 Å². The predicted molar refractivity (Wildman–Crippen MR) is 244 cm³/mol. The van der Waals surface area contributed by atoms with Gasteiger partial charge >= 0.3 is 0 Å². The number of unbranched alkanes of at least 4 members (excludes halogenated alkanes) is 16. The molecule has 0 spiro atoms. The lowest BCUT2D eigenvalue weighted by Gasteiger charge is -2.19. The molecule has 2 aromatic rings. The number of benzene rings is 2. The third-order valence-corrected chi connectivity index (χ3v) is 15.7. The van der Waals surface area contributed by atoms with E-state index in [9.17, 15) is 0 Å². The van der Waals surface area contributed by atoms with Crippen LogP contribution in [0.2, 0.25) is 38.3 Å². The molecule has 0 aliphatic carbocycles. The molecule has 312 valence electrons. The second kappa shape index (κ2) is 32.5. The monoisotopic (exact) mass is 813 g/mol. The smallest absolute Gasteiger partial charge is 0.296 e. The molecule has 0 aromatic heterocycles. The summed E-state index contributed by atoms with van der Waals surface area (Å²) in [6.07, 6.45) is 23.6. The molecule has 0 N–H and O–H groups in total. The van der Waals surface area contributed by atoms with Gasteiger partial charge in [0, 0.05) is 28.1 Å². The van der Waals surface area contributed by atoms with Crippen LogP contribution in [-0.4, -0.2) is 76.0 Å². The van der Waals surface area contributed by atoms with Crippen LogP contribution in [0, 0.1) is 0 Å². The molecule has 0 aliphatic heterocycles. The van der Waals surface area contributed by atoms with Gasteiger partial charge in [-0.25, -0.2) is 0 Å². The van der Waals surface area contributed by atoms with Gasteiger partial charge in [0.15, 0.2) is 16.6 Å². The zero-order valence-corrected chi connectivity index (χ0v) is 37.6. The van der Waals surface area contributed by atoms with E-state index in [2.05, 4.69) is 35.8 Å². The molecular formula is C44H80N4O4Si3. The zero-order valence-electron chi connectivity index (χ0n) is 35.6. The molecule has 8 nitrogen and oxygen atoms in total. The van der Waals surface area contributed by atoms with Crippen molar-refractivity contribution in [1.29, 1.82) is 0 Å². The van der Waals surface area contributed by atoms with E-state index in [4.69, 9.17) is 29.4 Å². The lowest BCUT2D eigenvalue weighted by molar-refractivity contribution is -0.00508. The lowest BCUT2D eigenvalue weighted by Crippen LogP contribution is -2.27. The Morgan fingerprint density at radius 1 is 0.455 bits per heavy atom. The topological polar surface area (TPSA) is 110 Å². The van der Waals surface area contributed by atoms with Crippen molar-refractivity contribution < 1.29 is 27.9 Å². The van der Waals surface area contributed by atoms with Gasteiger partial charge in [-0.1, -0.05) is 103 Å². The summed E-state index contributed by atoms with van der Waals surface area (Å²) in [6.45, 7) is 14.3. The molecule has 0 saturated carbocycles. The van der Waals surface area contributed by atoms with Crippen LogP contribution in [-0.2, 0) is 8.85 Å². The highest BCUT2D eigenvalue weighted by Crippen LogP contribution is 2.19. The average molecular weight is 813 g/mol. The molecule has 0 saturated heterocycles.